The molecule has 1 amide bonds. The highest BCUT2D eigenvalue weighted by Gasteiger charge is 2.19. The van der Waals surface area contributed by atoms with Gasteiger partial charge in [0.05, 0.1) is 6.04 Å². The van der Waals surface area contributed by atoms with E-state index < -0.39 is 0 Å². The van der Waals surface area contributed by atoms with Crippen LogP contribution in [0.25, 0.3) is 0 Å². The van der Waals surface area contributed by atoms with Crippen molar-refractivity contribution in [2.24, 2.45) is 0 Å². The molecule has 0 aromatic rings. The minimum atomic E-state index is -0.0910. The Morgan fingerprint density at radius 3 is 2.53 bits per heavy atom. The van der Waals surface area contributed by atoms with E-state index >= 15 is 0 Å². The van der Waals surface area contributed by atoms with Gasteiger partial charge in [-0.1, -0.05) is 19.8 Å². The highest BCUT2D eigenvalue weighted by atomic mass is 16.2. The second kappa shape index (κ2) is 9.32. The molecule has 0 aliphatic carbocycles. The van der Waals surface area contributed by atoms with E-state index in [0.717, 1.165) is 19.5 Å². The van der Waals surface area contributed by atoms with Crippen molar-refractivity contribution in [1.29, 1.82) is 0 Å². The molecule has 0 aromatic carbocycles. The van der Waals surface area contributed by atoms with E-state index in [4.69, 9.17) is 0 Å². The molecule has 1 fully saturated rings. The van der Waals surface area contributed by atoms with Crippen molar-refractivity contribution >= 4 is 5.91 Å². The molecule has 2 N–H and O–H groups in total. The maximum Gasteiger partial charge on any atom is 0.236 e. The fraction of sp³-hybridized carbons (Fsp3) is 0.933. The number of carbonyl (C=O) groups is 1. The molecule has 1 aliphatic heterocycles. The fourth-order valence-electron chi connectivity index (χ4n) is 2.49. The van der Waals surface area contributed by atoms with Crippen molar-refractivity contribution in [2.45, 2.75) is 65.0 Å². The molecule has 19 heavy (non-hydrogen) atoms. The van der Waals surface area contributed by atoms with Crippen molar-refractivity contribution in [1.82, 2.24) is 15.5 Å². The highest BCUT2D eigenvalue weighted by Crippen LogP contribution is 2.10. The van der Waals surface area contributed by atoms with Gasteiger partial charge in [0.25, 0.3) is 0 Å². The van der Waals surface area contributed by atoms with E-state index in [1.165, 1.54) is 38.8 Å². The van der Waals surface area contributed by atoms with Crippen LogP contribution >= 0.6 is 0 Å². The van der Waals surface area contributed by atoms with E-state index in [9.17, 15) is 4.79 Å². The summed E-state index contributed by atoms with van der Waals surface area (Å²) >= 11 is 0. The summed E-state index contributed by atoms with van der Waals surface area (Å²) in [6, 6.07) is 0.435. The van der Waals surface area contributed by atoms with Crippen LogP contribution in [0.15, 0.2) is 0 Å². The van der Waals surface area contributed by atoms with Crippen LogP contribution in [0.4, 0.5) is 0 Å². The average Bonchev–Trinajstić information content (AvgIpc) is 2.94. The topological polar surface area (TPSA) is 44.4 Å². The Morgan fingerprint density at radius 2 is 1.89 bits per heavy atom. The van der Waals surface area contributed by atoms with Gasteiger partial charge in [-0.15, -0.1) is 0 Å². The van der Waals surface area contributed by atoms with Crippen LogP contribution < -0.4 is 10.6 Å². The van der Waals surface area contributed by atoms with Gasteiger partial charge in [0, 0.05) is 19.1 Å². The van der Waals surface area contributed by atoms with E-state index in [0.29, 0.717) is 6.04 Å². The Labute approximate surface area is 118 Å². The van der Waals surface area contributed by atoms with Gasteiger partial charge in [-0.2, -0.15) is 0 Å². The van der Waals surface area contributed by atoms with Crippen molar-refractivity contribution in [3.63, 3.8) is 0 Å². The number of nitrogens with one attached hydrogen (secondary N) is 2. The molecule has 1 rings (SSSR count). The van der Waals surface area contributed by atoms with Crippen molar-refractivity contribution < 1.29 is 4.79 Å². The van der Waals surface area contributed by atoms with Crippen LogP contribution in [0, 0.1) is 0 Å². The Hall–Kier alpha value is -0.610. The normalized spacial score (nSPS) is 19.3. The monoisotopic (exact) mass is 269 g/mol. The SMILES string of the molecule is CCCCCNC(=O)C(C)NCC(C)N1CCCC1. The summed E-state index contributed by atoms with van der Waals surface area (Å²) in [5, 5.41) is 6.34. The Balaban J connectivity index is 2.11. The van der Waals surface area contributed by atoms with Crippen molar-refractivity contribution in [2.75, 3.05) is 26.2 Å². The van der Waals surface area contributed by atoms with Gasteiger partial charge in [-0.3, -0.25) is 9.69 Å². The Bertz CT molecular complexity index is 252. The second-order valence-electron chi connectivity index (χ2n) is 5.72. The molecule has 0 bridgehead atoms. The first-order chi connectivity index (χ1) is 9.15. The lowest BCUT2D eigenvalue weighted by Gasteiger charge is -2.25. The largest absolute Gasteiger partial charge is 0.355 e. The minimum absolute atomic E-state index is 0.0910. The molecule has 2 unspecified atom stereocenters. The molecule has 0 saturated carbocycles. The first-order valence-electron chi connectivity index (χ1n) is 7.90. The van der Waals surface area contributed by atoms with E-state index in [1.54, 1.807) is 0 Å². The number of hydrogen-bond donors (Lipinski definition) is 2. The molecule has 4 heteroatoms. The summed E-state index contributed by atoms with van der Waals surface area (Å²) in [5.41, 5.74) is 0. The third kappa shape index (κ3) is 6.39. The second-order valence-corrected chi connectivity index (χ2v) is 5.72. The zero-order valence-corrected chi connectivity index (χ0v) is 12.9. The number of amides is 1. The molecule has 1 heterocycles. The maximum absolute atomic E-state index is 11.9. The smallest absolute Gasteiger partial charge is 0.236 e. The first-order valence-corrected chi connectivity index (χ1v) is 7.90. The van der Waals surface area contributed by atoms with Gasteiger partial charge in [-0.25, -0.2) is 0 Å². The van der Waals surface area contributed by atoms with E-state index in [-0.39, 0.29) is 11.9 Å². The molecule has 1 saturated heterocycles. The number of rotatable bonds is 9. The molecule has 1 aliphatic rings. The van der Waals surface area contributed by atoms with Gasteiger partial charge >= 0.3 is 0 Å². The molecule has 0 aromatic heterocycles. The summed E-state index contributed by atoms with van der Waals surface area (Å²) in [7, 11) is 0. The molecule has 0 spiro atoms. The molecular formula is C15H31N3O. The summed E-state index contributed by atoms with van der Waals surface area (Å²) < 4.78 is 0. The third-order valence-electron chi connectivity index (χ3n) is 3.96. The Kier molecular flexibility index (Phi) is 8.07. The predicted octanol–water partition coefficient (Wildman–Crippen LogP) is 1.76. The number of nitrogens with zero attached hydrogens (tertiary/aromatic N) is 1. The van der Waals surface area contributed by atoms with Crippen LogP contribution in [0.1, 0.15) is 52.9 Å². The minimum Gasteiger partial charge on any atom is -0.355 e. The number of unbranched alkanes of at least 4 members (excludes halogenated alkanes) is 2. The number of likely N-dealkylation sites (tertiary alicyclic amines) is 1. The molecule has 112 valence electrons. The van der Waals surface area contributed by atoms with Gasteiger partial charge in [-0.05, 0) is 46.2 Å². The van der Waals surface area contributed by atoms with Gasteiger partial charge in [0.2, 0.25) is 5.91 Å². The van der Waals surface area contributed by atoms with Crippen LogP contribution in [0.5, 0.6) is 0 Å². The zero-order valence-electron chi connectivity index (χ0n) is 12.9. The van der Waals surface area contributed by atoms with Crippen LogP contribution in [-0.4, -0.2) is 49.1 Å². The quantitative estimate of drug-likeness (QED) is 0.627. The number of hydrogen-bond acceptors (Lipinski definition) is 3. The summed E-state index contributed by atoms with van der Waals surface area (Å²) in [6.45, 7) is 10.5. The van der Waals surface area contributed by atoms with Gasteiger partial charge in [0.15, 0.2) is 0 Å². The van der Waals surface area contributed by atoms with E-state index in [2.05, 4.69) is 29.4 Å². The average molecular weight is 269 g/mol. The van der Waals surface area contributed by atoms with Gasteiger partial charge in [0.1, 0.15) is 0 Å². The lowest BCUT2D eigenvalue weighted by molar-refractivity contribution is -0.122. The summed E-state index contributed by atoms with van der Waals surface area (Å²) in [6.07, 6.45) is 6.10. The van der Waals surface area contributed by atoms with E-state index in [1.807, 2.05) is 6.92 Å². The summed E-state index contributed by atoms with van der Waals surface area (Å²) in [5.74, 6) is 0.129. The van der Waals surface area contributed by atoms with Crippen LogP contribution in [-0.2, 0) is 4.79 Å². The Morgan fingerprint density at radius 1 is 1.21 bits per heavy atom. The first kappa shape index (κ1) is 16.4. The molecular weight excluding hydrogens is 238 g/mol. The maximum atomic E-state index is 11.9. The molecule has 0 radical (unpaired) electrons. The lowest BCUT2D eigenvalue weighted by atomic mass is 10.2. The standard InChI is InChI=1S/C15H31N3O/c1-4-5-6-9-16-15(19)14(3)17-12-13(2)18-10-7-8-11-18/h13-14,17H,4-12H2,1-3H3,(H,16,19). The predicted molar refractivity (Wildman–Crippen MR) is 80.3 cm³/mol. The van der Waals surface area contributed by atoms with Crippen LogP contribution in [0.3, 0.4) is 0 Å². The number of carbonyl (C=O) groups excluding carboxylic acids is 1. The molecule has 2 atom stereocenters. The van der Waals surface area contributed by atoms with Crippen LogP contribution in [0.2, 0.25) is 0 Å². The highest BCUT2D eigenvalue weighted by molar-refractivity contribution is 5.81. The fourth-order valence-corrected chi connectivity index (χ4v) is 2.49. The van der Waals surface area contributed by atoms with Crippen molar-refractivity contribution in [3.05, 3.63) is 0 Å². The molecule has 4 nitrogen and oxygen atoms in total. The van der Waals surface area contributed by atoms with Crippen molar-refractivity contribution in [3.8, 4) is 0 Å². The summed E-state index contributed by atoms with van der Waals surface area (Å²) in [4.78, 5) is 14.4. The zero-order chi connectivity index (χ0) is 14.1. The lowest BCUT2D eigenvalue weighted by Crippen LogP contribution is -2.47. The van der Waals surface area contributed by atoms with Gasteiger partial charge < -0.3 is 10.6 Å². The third-order valence-corrected chi connectivity index (χ3v) is 3.96.